The highest BCUT2D eigenvalue weighted by Gasteiger charge is 2.21. The fourth-order valence-electron chi connectivity index (χ4n) is 1.16. The minimum atomic E-state index is -0.372. The number of hydrogen-bond donors (Lipinski definition) is 1. The van der Waals surface area contributed by atoms with Crippen LogP contribution in [0.3, 0.4) is 0 Å². The third kappa shape index (κ3) is 4.25. The number of rotatable bonds is 6. The summed E-state index contributed by atoms with van der Waals surface area (Å²) < 4.78 is 0. The minimum Gasteiger partial charge on any atom is -0.304 e. The van der Waals surface area contributed by atoms with E-state index in [2.05, 4.69) is 30.1 Å². The lowest BCUT2D eigenvalue weighted by Crippen LogP contribution is -2.41. The molecule has 0 amide bonds. The zero-order valence-corrected chi connectivity index (χ0v) is 9.22. The van der Waals surface area contributed by atoms with Crippen molar-refractivity contribution in [3.8, 4) is 6.07 Å². The van der Waals surface area contributed by atoms with Crippen LogP contribution in [0.2, 0.25) is 0 Å². The van der Waals surface area contributed by atoms with Gasteiger partial charge in [0.05, 0.1) is 6.07 Å². The molecular weight excluding hydrogens is 162 g/mol. The number of nitriles is 1. The first-order chi connectivity index (χ1) is 6.11. The van der Waals surface area contributed by atoms with Crippen LogP contribution in [0.1, 0.15) is 27.2 Å². The van der Waals surface area contributed by atoms with Gasteiger partial charge in [-0.05, 0) is 33.5 Å². The maximum atomic E-state index is 8.91. The van der Waals surface area contributed by atoms with Gasteiger partial charge in [-0.3, -0.25) is 0 Å². The van der Waals surface area contributed by atoms with Crippen LogP contribution < -0.4 is 5.32 Å². The SMILES string of the molecule is CCN(CC)CCC(C)(C#N)NC. The molecule has 0 aliphatic rings. The molecule has 3 heteroatoms. The van der Waals surface area contributed by atoms with E-state index < -0.39 is 0 Å². The first kappa shape index (κ1) is 12.4. The second kappa shape index (κ2) is 5.95. The number of nitrogens with zero attached hydrogens (tertiary/aromatic N) is 2. The molecule has 0 saturated heterocycles. The average molecular weight is 183 g/mol. The Labute approximate surface area is 81.7 Å². The second-order valence-corrected chi connectivity index (χ2v) is 3.47. The molecule has 0 spiro atoms. The quantitative estimate of drug-likeness (QED) is 0.673. The van der Waals surface area contributed by atoms with Gasteiger partial charge in [0.25, 0.3) is 0 Å². The smallest absolute Gasteiger partial charge is 0.104 e. The van der Waals surface area contributed by atoms with Crippen molar-refractivity contribution >= 4 is 0 Å². The normalized spacial score (nSPS) is 15.4. The van der Waals surface area contributed by atoms with Crippen LogP contribution in [0.15, 0.2) is 0 Å². The highest BCUT2D eigenvalue weighted by atomic mass is 15.1. The molecule has 1 atom stereocenters. The van der Waals surface area contributed by atoms with Crippen molar-refractivity contribution < 1.29 is 0 Å². The Balaban J connectivity index is 3.92. The van der Waals surface area contributed by atoms with Crippen molar-refractivity contribution in [1.82, 2.24) is 10.2 Å². The molecule has 0 saturated carbocycles. The van der Waals surface area contributed by atoms with Crippen LogP contribution >= 0.6 is 0 Å². The predicted octanol–water partition coefficient (Wildman–Crippen LogP) is 1.22. The van der Waals surface area contributed by atoms with Crippen molar-refractivity contribution in [3.05, 3.63) is 0 Å². The Morgan fingerprint density at radius 2 is 1.92 bits per heavy atom. The average Bonchev–Trinajstić information content (AvgIpc) is 2.19. The van der Waals surface area contributed by atoms with Gasteiger partial charge in [0.15, 0.2) is 0 Å². The summed E-state index contributed by atoms with van der Waals surface area (Å²) >= 11 is 0. The van der Waals surface area contributed by atoms with Crippen molar-refractivity contribution in [2.75, 3.05) is 26.7 Å². The first-order valence-corrected chi connectivity index (χ1v) is 4.94. The Kier molecular flexibility index (Phi) is 5.68. The van der Waals surface area contributed by atoms with Crippen LogP contribution in [0.25, 0.3) is 0 Å². The maximum Gasteiger partial charge on any atom is 0.104 e. The summed E-state index contributed by atoms with van der Waals surface area (Å²) in [5, 5.41) is 12.0. The zero-order valence-electron chi connectivity index (χ0n) is 9.22. The predicted molar refractivity (Wildman–Crippen MR) is 55.5 cm³/mol. The second-order valence-electron chi connectivity index (χ2n) is 3.47. The van der Waals surface area contributed by atoms with E-state index in [0.717, 1.165) is 26.1 Å². The molecule has 13 heavy (non-hydrogen) atoms. The van der Waals surface area contributed by atoms with Crippen molar-refractivity contribution in [1.29, 1.82) is 5.26 Å². The van der Waals surface area contributed by atoms with Gasteiger partial charge in [0.1, 0.15) is 5.54 Å². The molecule has 0 bridgehead atoms. The van der Waals surface area contributed by atoms with E-state index in [1.54, 1.807) is 0 Å². The summed E-state index contributed by atoms with van der Waals surface area (Å²) in [4.78, 5) is 2.33. The lowest BCUT2D eigenvalue weighted by molar-refractivity contribution is 0.271. The molecular formula is C10H21N3. The van der Waals surface area contributed by atoms with Crippen molar-refractivity contribution in [3.63, 3.8) is 0 Å². The van der Waals surface area contributed by atoms with E-state index in [1.807, 2.05) is 14.0 Å². The van der Waals surface area contributed by atoms with Gasteiger partial charge in [-0.25, -0.2) is 0 Å². The first-order valence-electron chi connectivity index (χ1n) is 4.94. The monoisotopic (exact) mass is 183 g/mol. The largest absolute Gasteiger partial charge is 0.304 e. The third-order valence-electron chi connectivity index (χ3n) is 2.62. The van der Waals surface area contributed by atoms with E-state index >= 15 is 0 Å². The van der Waals surface area contributed by atoms with Crippen LogP contribution in [0.4, 0.5) is 0 Å². The molecule has 0 aromatic rings. The topological polar surface area (TPSA) is 39.1 Å². The summed E-state index contributed by atoms with van der Waals surface area (Å²) in [7, 11) is 1.84. The summed E-state index contributed by atoms with van der Waals surface area (Å²) in [5.41, 5.74) is -0.372. The minimum absolute atomic E-state index is 0.372. The molecule has 0 heterocycles. The molecule has 76 valence electrons. The van der Waals surface area contributed by atoms with Crippen molar-refractivity contribution in [2.24, 2.45) is 0 Å². The van der Waals surface area contributed by atoms with Crippen molar-refractivity contribution in [2.45, 2.75) is 32.7 Å². The van der Waals surface area contributed by atoms with Gasteiger partial charge in [-0.1, -0.05) is 13.8 Å². The van der Waals surface area contributed by atoms with E-state index in [4.69, 9.17) is 5.26 Å². The maximum absolute atomic E-state index is 8.91. The van der Waals surface area contributed by atoms with Gasteiger partial charge in [-0.2, -0.15) is 5.26 Å². The lowest BCUT2D eigenvalue weighted by atomic mass is 10.00. The number of nitrogens with one attached hydrogen (secondary N) is 1. The van der Waals surface area contributed by atoms with E-state index in [9.17, 15) is 0 Å². The molecule has 1 unspecified atom stereocenters. The molecule has 0 fully saturated rings. The van der Waals surface area contributed by atoms with Gasteiger partial charge in [0.2, 0.25) is 0 Å². The van der Waals surface area contributed by atoms with Crippen LogP contribution in [0.5, 0.6) is 0 Å². The molecule has 0 aliphatic heterocycles. The van der Waals surface area contributed by atoms with Gasteiger partial charge < -0.3 is 10.2 Å². The van der Waals surface area contributed by atoms with Crippen LogP contribution in [-0.2, 0) is 0 Å². The van der Waals surface area contributed by atoms with E-state index in [0.29, 0.717) is 0 Å². The highest BCUT2D eigenvalue weighted by Crippen LogP contribution is 2.08. The Bertz CT molecular complexity index is 169. The molecule has 1 N–H and O–H groups in total. The number of hydrogen-bond acceptors (Lipinski definition) is 3. The molecule has 0 aromatic carbocycles. The zero-order chi connectivity index (χ0) is 10.3. The standard InChI is InChI=1S/C10H21N3/c1-5-13(6-2)8-7-10(3,9-11)12-4/h12H,5-8H2,1-4H3. The summed E-state index contributed by atoms with van der Waals surface area (Å²) in [6.07, 6.45) is 0.877. The van der Waals surface area contributed by atoms with Crippen LogP contribution in [-0.4, -0.2) is 37.1 Å². The van der Waals surface area contributed by atoms with E-state index in [1.165, 1.54) is 0 Å². The van der Waals surface area contributed by atoms with Gasteiger partial charge >= 0.3 is 0 Å². The summed E-state index contributed by atoms with van der Waals surface area (Å²) in [6.45, 7) is 9.33. The van der Waals surface area contributed by atoms with Gasteiger partial charge in [0, 0.05) is 6.54 Å². The van der Waals surface area contributed by atoms with E-state index in [-0.39, 0.29) is 5.54 Å². The molecule has 3 nitrogen and oxygen atoms in total. The molecule has 0 radical (unpaired) electrons. The van der Waals surface area contributed by atoms with Gasteiger partial charge in [-0.15, -0.1) is 0 Å². The highest BCUT2D eigenvalue weighted by molar-refractivity contribution is 5.03. The Morgan fingerprint density at radius 3 is 2.23 bits per heavy atom. The fraction of sp³-hybridized carbons (Fsp3) is 0.900. The molecule has 0 rings (SSSR count). The third-order valence-corrected chi connectivity index (χ3v) is 2.62. The summed E-state index contributed by atoms with van der Waals surface area (Å²) in [6, 6.07) is 2.29. The molecule has 0 aromatic heterocycles. The summed E-state index contributed by atoms with van der Waals surface area (Å²) in [5.74, 6) is 0. The Morgan fingerprint density at radius 1 is 1.38 bits per heavy atom. The van der Waals surface area contributed by atoms with Crippen LogP contribution in [0, 0.1) is 11.3 Å². The molecule has 0 aliphatic carbocycles. The Hall–Kier alpha value is -0.590. The fourth-order valence-corrected chi connectivity index (χ4v) is 1.16. The lowest BCUT2D eigenvalue weighted by Gasteiger charge is -2.25.